The lowest BCUT2D eigenvalue weighted by Gasteiger charge is -2.05. The molecule has 0 amide bonds. The molecule has 0 radical (unpaired) electrons. The molecule has 0 saturated heterocycles. The highest BCUT2D eigenvalue weighted by Crippen LogP contribution is 2.27. The van der Waals surface area contributed by atoms with Crippen LogP contribution in [-0.4, -0.2) is 0 Å². The Hall–Kier alpha value is -0.460. The van der Waals surface area contributed by atoms with Gasteiger partial charge in [0.2, 0.25) is 0 Å². The summed E-state index contributed by atoms with van der Waals surface area (Å²) in [6, 6.07) is 10.0. The van der Waals surface area contributed by atoms with Crippen molar-refractivity contribution in [3.8, 4) is 0 Å². The molecule has 1 rings (SSSR count). The first-order valence-electron chi connectivity index (χ1n) is 4.35. The molecule has 13 heavy (non-hydrogen) atoms. The molecule has 0 spiro atoms. The topological polar surface area (TPSA) is 0 Å². The molecule has 0 fully saturated rings. The third-order valence-electron chi connectivity index (χ3n) is 1.85. The summed E-state index contributed by atoms with van der Waals surface area (Å²) in [4.78, 5) is 0. The van der Waals surface area contributed by atoms with E-state index in [1.54, 1.807) is 0 Å². The van der Waals surface area contributed by atoms with E-state index >= 15 is 0 Å². The molecule has 0 aliphatic heterocycles. The first-order chi connectivity index (χ1) is 6.25. The molecule has 0 bridgehead atoms. The molecule has 1 aromatic rings. The summed E-state index contributed by atoms with van der Waals surface area (Å²) in [7, 11) is 0. The van der Waals surface area contributed by atoms with E-state index in [0.717, 1.165) is 24.0 Å². The highest BCUT2D eigenvalue weighted by Gasteiger charge is 2.03. The number of hydrogen-bond donors (Lipinski definition) is 0. The molecule has 0 aliphatic rings. The third-order valence-corrected chi connectivity index (χ3v) is 2.31. The Morgan fingerprint density at radius 2 is 1.77 bits per heavy atom. The lowest BCUT2D eigenvalue weighted by molar-refractivity contribution is 0.973. The minimum atomic E-state index is 0.382. The van der Waals surface area contributed by atoms with Gasteiger partial charge in [0.1, 0.15) is 4.49 Å². The number of halogens is 2. The highest BCUT2D eigenvalue weighted by atomic mass is 35.5. The quantitative estimate of drug-likeness (QED) is 0.689. The minimum Gasteiger partial charge on any atom is -0.0706 e. The largest absolute Gasteiger partial charge is 0.110 e. The zero-order chi connectivity index (χ0) is 9.68. The van der Waals surface area contributed by atoms with Crippen molar-refractivity contribution in [1.82, 2.24) is 0 Å². The summed E-state index contributed by atoms with van der Waals surface area (Å²) in [6.45, 7) is 2.11. The van der Waals surface area contributed by atoms with Crippen molar-refractivity contribution in [2.75, 3.05) is 0 Å². The van der Waals surface area contributed by atoms with E-state index < -0.39 is 0 Å². The summed E-state index contributed by atoms with van der Waals surface area (Å²) < 4.78 is 0.382. The van der Waals surface area contributed by atoms with Gasteiger partial charge < -0.3 is 0 Å². The van der Waals surface area contributed by atoms with Gasteiger partial charge in [0.15, 0.2) is 0 Å². The zero-order valence-electron chi connectivity index (χ0n) is 7.56. The van der Waals surface area contributed by atoms with Crippen LogP contribution in [0.15, 0.2) is 34.8 Å². The molecule has 0 nitrogen and oxygen atoms in total. The molecular weight excluding hydrogens is 203 g/mol. The Morgan fingerprint density at radius 1 is 1.15 bits per heavy atom. The molecule has 0 aliphatic carbocycles. The second-order valence-electron chi connectivity index (χ2n) is 2.85. The zero-order valence-corrected chi connectivity index (χ0v) is 9.07. The second-order valence-corrected chi connectivity index (χ2v) is 3.80. The lowest BCUT2D eigenvalue weighted by Crippen LogP contribution is -1.84. The SMILES string of the molecule is CCCC(=C(Cl)Cl)c1ccccc1. The van der Waals surface area contributed by atoms with E-state index in [1.807, 2.05) is 30.3 Å². The van der Waals surface area contributed by atoms with E-state index in [4.69, 9.17) is 23.2 Å². The van der Waals surface area contributed by atoms with Crippen molar-refractivity contribution in [1.29, 1.82) is 0 Å². The van der Waals surface area contributed by atoms with Gasteiger partial charge >= 0.3 is 0 Å². The van der Waals surface area contributed by atoms with Gasteiger partial charge in [0.05, 0.1) is 0 Å². The molecule has 0 N–H and O–H groups in total. The average Bonchev–Trinajstić information content (AvgIpc) is 2.15. The lowest BCUT2D eigenvalue weighted by atomic mass is 10.0. The maximum absolute atomic E-state index is 5.80. The van der Waals surface area contributed by atoms with Gasteiger partial charge in [-0.1, -0.05) is 66.9 Å². The fraction of sp³-hybridized carbons (Fsp3) is 0.273. The first-order valence-corrected chi connectivity index (χ1v) is 5.11. The van der Waals surface area contributed by atoms with Crippen LogP contribution in [0, 0.1) is 0 Å². The van der Waals surface area contributed by atoms with Crippen molar-refractivity contribution in [2.45, 2.75) is 19.8 Å². The van der Waals surface area contributed by atoms with Crippen LogP contribution >= 0.6 is 23.2 Å². The van der Waals surface area contributed by atoms with Crippen molar-refractivity contribution < 1.29 is 0 Å². The number of rotatable bonds is 3. The number of hydrogen-bond acceptors (Lipinski definition) is 0. The smallest absolute Gasteiger partial charge is 0.0706 e. The molecule has 0 atom stereocenters. The van der Waals surface area contributed by atoms with E-state index in [0.29, 0.717) is 4.49 Å². The van der Waals surface area contributed by atoms with Gasteiger partial charge in [-0.25, -0.2) is 0 Å². The summed E-state index contributed by atoms with van der Waals surface area (Å²) in [5, 5.41) is 0. The van der Waals surface area contributed by atoms with Crippen LogP contribution in [0.4, 0.5) is 0 Å². The molecule has 1 aromatic carbocycles. The van der Waals surface area contributed by atoms with E-state index in [1.165, 1.54) is 0 Å². The Morgan fingerprint density at radius 3 is 2.23 bits per heavy atom. The molecule has 0 aromatic heterocycles. The normalized spacial score (nSPS) is 9.77. The Balaban J connectivity index is 2.97. The van der Waals surface area contributed by atoms with Crippen LogP contribution in [0.25, 0.3) is 5.57 Å². The van der Waals surface area contributed by atoms with Crippen LogP contribution < -0.4 is 0 Å². The number of allylic oxidation sites excluding steroid dienone is 1. The summed E-state index contributed by atoms with van der Waals surface area (Å²) >= 11 is 11.6. The van der Waals surface area contributed by atoms with Crippen LogP contribution in [0.5, 0.6) is 0 Å². The monoisotopic (exact) mass is 214 g/mol. The van der Waals surface area contributed by atoms with Gasteiger partial charge in [0.25, 0.3) is 0 Å². The molecule has 70 valence electrons. The summed E-state index contributed by atoms with van der Waals surface area (Å²) in [6.07, 6.45) is 1.97. The van der Waals surface area contributed by atoms with Crippen molar-refractivity contribution in [2.24, 2.45) is 0 Å². The second kappa shape index (κ2) is 5.31. The molecule has 2 heteroatoms. The molecule has 0 saturated carbocycles. The Bertz CT molecular complexity index is 284. The van der Waals surface area contributed by atoms with E-state index in [-0.39, 0.29) is 0 Å². The van der Waals surface area contributed by atoms with Gasteiger partial charge in [-0.05, 0) is 17.6 Å². The van der Waals surface area contributed by atoms with Gasteiger partial charge in [0, 0.05) is 0 Å². The molecule has 0 unspecified atom stereocenters. The summed E-state index contributed by atoms with van der Waals surface area (Å²) in [5.74, 6) is 0. The first kappa shape index (κ1) is 10.6. The Kier molecular flexibility index (Phi) is 4.34. The fourth-order valence-corrected chi connectivity index (χ4v) is 1.64. The maximum atomic E-state index is 5.80. The fourth-order valence-electron chi connectivity index (χ4n) is 1.24. The van der Waals surface area contributed by atoms with Crippen molar-refractivity contribution in [3.05, 3.63) is 40.4 Å². The van der Waals surface area contributed by atoms with E-state index in [2.05, 4.69) is 6.92 Å². The van der Waals surface area contributed by atoms with Crippen LogP contribution in [0.3, 0.4) is 0 Å². The highest BCUT2D eigenvalue weighted by molar-refractivity contribution is 6.58. The maximum Gasteiger partial charge on any atom is 0.110 e. The predicted molar refractivity (Wildman–Crippen MR) is 60.0 cm³/mol. The standard InChI is InChI=1S/C11H12Cl2/c1-2-6-10(11(12)13)9-7-4-3-5-8-9/h3-5,7-8H,2,6H2,1H3. The number of benzene rings is 1. The van der Waals surface area contributed by atoms with Gasteiger partial charge in [-0.15, -0.1) is 0 Å². The van der Waals surface area contributed by atoms with Gasteiger partial charge in [-0.3, -0.25) is 0 Å². The third kappa shape index (κ3) is 3.06. The molecule has 0 heterocycles. The van der Waals surface area contributed by atoms with E-state index in [9.17, 15) is 0 Å². The molecular formula is C11H12Cl2. The summed E-state index contributed by atoms with van der Waals surface area (Å²) in [5.41, 5.74) is 2.15. The van der Waals surface area contributed by atoms with Gasteiger partial charge in [-0.2, -0.15) is 0 Å². The van der Waals surface area contributed by atoms with Crippen molar-refractivity contribution >= 4 is 28.8 Å². The van der Waals surface area contributed by atoms with Crippen molar-refractivity contribution in [3.63, 3.8) is 0 Å². The van der Waals surface area contributed by atoms with Crippen LogP contribution in [0.2, 0.25) is 0 Å². The van der Waals surface area contributed by atoms with Crippen LogP contribution in [-0.2, 0) is 0 Å². The predicted octanol–water partition coefficient (Wildman–Crippen LogP) is 4.63. The Labute approximate surface area is 89.2 Å². The average molecular weight is 215 g/mol. The minimum absolute atomic E-state index is 0.382. The van der Waals surface area contributed by atoms with Crippen LogP contribution in [0.1, 0.15) is 25.3 Å².